The van der Waals surface area contributed by atoms with Crippen LogP contribution in [-0.2, 0) is 6.54 Å². The number of aromatic nitrogens is 1. The monoisotopic (exact) mass is 343 g/mol. The van der Waals surface area contributed by atoms with Crippen LogP contribution in [0.5, 0.6) is 0 Å². The highest BCUT2D eigenvalue weighted by atomic mass is 16.5. The Bertz CT molecular complexity index is 694. The molecule has 1 fully saturated rings. The van der Waals surface area contributed by atoms with Crippen molar-refractivity contribution in [2.75, 3.05) is 19.7 Å². The Kier molecular flexibility index (Phi) is 5.50. The highest BCUT2D eigenvalue weighted by Crippen LogP contribution is 2.22. The average molecular weight is 343 g/mol. The van der Waals surface area contributed by atoms with E-state index in [0.717, 1.165) is 36.5 Å². The second-order valence-electron chi connectivity index (χ2n) is 6.72. The van der Waals surface area contributed by atoms with Gasteiger partial charge in [0, 0.05) is 42.8 Å². The Hall–Kier alpha value is -2.18. The van der Waals surface area contributed by atoms with Gasteiger partial charge < -0.3 is 14.9 Å². The molecular weight excluding hydrogens is 318 g/mol. The number of likely N-dealkylation sites (tertiary alicyclic amines) is 1. The predicted molar refractivity (Wildman–Crippen MR) is 94.1 cm³/mol. The summed E-state index contributed by atoms with van der Waals surface area (Å²) in [5.41, 5.74) is 2.66. The molecule has 0 radical (unpaired) electrons. The van der Waals surface area contributed by atoms with Crippen LogP contribution in [0.25, 0.3) is 0 Å². The predicted octanol–water partition coefficient (Wildman–Crippen LogP) is 1.90. The van der Waals surface area contributed by atoms with Crippen molar-refractivity contribution in [2.45, 2.75) is 32.9 Å². The van der Waals surface area contributed by atoms with Crippen LogP contribution in [0.1, 0.15) is 33.8 Å². The molecule has 1 amide bonds. The summed E-state index contributed by atoms with van der Waals surface area (Å²) < 4.78 is 5.24. The maximum Gasteiger partial charge on any atom is 0.251 e. The van der Waals surface area contributed by atoms with Gasteiger partial charge in [-0.25, -0.2) is 0 Å². The molecule has 0 spiro atoms. The topological polar surface area (TPSA) is 78.6 Å². The number of carbonyl (C=O) groups is 1. The van der Waals surface area contributed by atoms with E-state index < -0.39 is 0 Å². The second kappa shape index (κ2) is 7.80. The molecule has 3 rings (SSSR count). The van der Waals surface area contributed by atoms with Crippen LogP contribution in [0.4, 0.5) is 0 Å². The third-order valence-corrected chi connectivity index (χ3v) is 4.99. The largest absolute Gasteiger partial charge is 0.396 e. The number of aliphatic hydroxyl groups is 1. The van der Waals surface area contributed by atoms with Gasteiger partial charge in [0.15, 0.2) is 0 Å². The zero-order chi connectivity index (χ0) is 17.8. The number of benzene rings is 1. The van der Waals surface area contributed by atoms with Crippen LogP contribution in [0.3, 0.4) is 0 Å². The van der Waals surface area contributed by atoms with E-state index in [0.29, 0.717) is 12.1 Å². The number of piperidine rings is 1. The Balaban J connectivity index is 1.67. The van der Waals surface area contributed by atoms with Crippen molar-refractivity contribution in [3.05, 3.63) is 52.9 Å². The van der Waals surface area contributed by atoms with Crippen molar-refractivity contribution in [3.8, 4) is 0 Å². The van der Waals surface area contributed by atoms with Gasteiger partial charge in [0.05, 0.1) is 5.69 Å². The minimum atomic E-state index is -0.0942. The molecule has 1 aliphatic heterocycles. The quantitative estimate of drug-likeness (QED) is 0.867. The number of amides is 1. The van der Waals surface area contributed by atoms with E-state index in [2.05, 4.69) is 15.4 Å². The lowest BCUT2D eigenvalue weighted by Gasteiger charge is -2.38. The summed E-state index contributed by atoms with van der Waals surface area (Å²) in [6.07, 6.45) is 0.847. The van der Waals surface area contributed by atoms with Gasteiger partial charge in [0.2, 0.25) is 0 Å². The first-order chi connectivity index (χ1) is 12.1. The van der Waals surface area contributed by atoms with Gasteiger partial charge in [0.25, 0.3) is 5.91 Å². The molecule has 1 aromatic heterocycles. The van der Waals surface area contributed by atoms with E-state index in [4.69, 9.17) is 4.52 Å². The number of hydrogen-bond donors (Lipinski definition) is 2. The van der Waals surface area contributed by atoms with Crippen LogP contribution in [0.15, 0.2) is 34.9 Å². The molecule has 0 aliphatic carbocycles. The fourth-order valence-electron chi connectivity index (χ4n) is 3.39. The summed E-state index contributed by atoms with van der Waals surface area (Å²) in [5.74, 6) is 0.823. The molecule has 6 nitrogen and oxygen atoms in total. The molecule has 0 saturated carbocycles. The number of hydrogen-bond acceptors (Lipinski definition) is 5. The highest BCUT2D eigenvalue weighted by Gasteiger charge is 2.31. The van der Waals surface area contributed by atoms with Gasteiger partial charge >= 0.3 is 0 Å². The van der Waals surface area contributed by atoms with Gasteiger partial charge in [-0.3, -0.25) is 9.69 Å². The Labute approximate surface area is 147 Å². The van der Waals surface area contributed by atoms with Gasteiger partial charge in [-0.1, -0.05) is 23.4 Å². The third kappa shape index (κ3) is 4.08. The molecule has 2 N–H and O–H groups in total. The van der Waals surface area contributed by atoms with Gasteiger partial charge in [0.1, 0.15) is 5.76 Å². The first-order valence-electron chi connectivity index (χ1n) is 8.69. The Morgan fingerprint density at radius 2 is 2.12 bits per heavy atom. The molecule has 6 heteroatoms. The number of aryl methyl sites for hydroxylation is 2. The SMILES string of the molecule is Cc1noc(C)c1CN1CC[C@H](CO)[C@H](NC(=O)c2ccccc2)C1. The summed E-state index contributed by atoms with van der Waals surface area (Å²) in [5, 5.41) is 16.8. The van der Waals surface area contributed by atoms with E-state index in [1.807, 2.05) is 32.0 Å². The molecule has 134 valence electrons. The number of rotatable bonds is 5. The van der Waals surface area contributed by atoms with Crippen molar-refractivity contribution in [3.63, 3.8) is 0 Å². The van der Waals surface area contributed by atoms with E-state index >= 15 is 0 Å². The molecule has 25 heavy (non-hydrogen) atoms. The molecule has 2 heterocycles. The van der Waals surface area contributed by atoms with Crippen molar-refractivity contribution in [2.24, 2.45) is 5.92 Å². The number of nitrogens with zero attached hydrogens (tertiary/aromatic N) is 2. The van der Waals surface area contributed by atoms with Gasteiger partial charge in [-0.2, -0.15) is 0 Å². The Morgan fingerprint density at radius 3 is 2.76 bits per heavy atom. The van der Waals surface area contributed by atoms with E-state index in [9.17, 15) is 9.90 Å². The van der Waals surface area contributed by atoms with Crippen LogP contribution in [0.2, 0.25) is 0 Å². The van der Waals surface area contributed by atoms with Crippen LogP contribution in [0, 0.1) is 19.8 Å². The molecule has 1 aliphatic rings. The number of carbonyl (C=O) groups excluding carboxylic acids is 1. The molecule has 2 atom stereocenters. The van der Waals surface area contributed by atoms with E-state index in [1.54, 1.807) is 12.1 Å². The minimum absolute atomic E-state index is 0.0769. The van der Waals surface area contributed by atoms with Gasteiger partial charge in [-0.15, -0.1) is 0 Å². The number of nitrogens with one attached hydrogen (secondary N) is 1. The summed E-state index contributed by atoms with van der Waals surface area (Å²) in [6.45, 7) is 6.28. The number of aliphatic hydroxyl groups excluding tert-OH is 1. The maximum atomic E-state index is 12.5. The zero-order valence-electron chi connectivity index (χ0n) is 14.7. The first-order valence-corrected chi connectivity index (χ1v) is 8.69. The fourth-order valence-corrected chi connectivity index (χ4v) is 3.39. The Morgan fingerprint density at radius 1 is 1.36 bits per heavy atom. The molecule has 2 aromatic rings. The average Bonchev–Trinajstić information content (AvgIpc) is 2.95. The summed E-state index contributed by atoms with van der Waals surface area (Å²) in [6, 6.07) is 9.11. The standard InChI is InChI=1S/C19H25N3O3/c1-13-17(14(2)25-21-13)10-22-9-8-16(12-23)18(11-22)20-19(24)15-6-4-3-5-7-15/h3-7,16,18,23H,8-12H2,1-2H3,(H,20,24)/t16-,18-/m1/s1. The van der Waals surface area contributed by atoms with Crippen molar-refractivity contribution < 1.29 is 14.4 Å². The smallest absolute Gasteiger partial charge is 0.251 e. The van der Waals surface area contributed by atoms with Crippen molar-refractivity contribution >= 4 is 5.91 Å². The van der Waals surface area contributed by atoms with Crippen LogP contribution >= 0.6 is 0 Å². The third-order valence-electron chi connectivity index (χ3n) is 4.99. The van der Waals surface area contributed by atoms with Crippen LogP contribution < -0.4 is 5.32 Å². The molecule has 1 aromatic carbocycles. The van der Waals surface area contributed by atoms with Crippen LogP contribution in [-0.4, -0.2) is 46.8 Å². The summed E-state index contributed by atoms with van der Waals surface area (Å²) in [7, 11) is 0. The first kappa shape index (κ1) is 17.6. The second-order valence-corrected chi connectivity index (χ2v) is 6.72. The molecular formula is C19H25N3O3. The lowest BCUT2D eigenvalue weighted by Crippen LogP contribution is -2.53. The molecule has 0 unspecified atom stereocenters. The van der Waals surface area contributed by atoms with Gasteiger partial charge in [-0.05, 0) is 38.9 Å². The van der Waals surface area contributed by atoms with E-state index in [-0.39, 0.29) is 24.5 Å². The lowest BCUT2D eigenvalue weighted by atomic mass is 9.91. The zero-order valence-corrected chi connectivity index (χ0v) is 14.7. The van der Waals surface area contributed by atoms with Crippen molar-refractivity contribution in [1.29, 1.82) is 0 Å². The highest BCUT2D eigenvalue weighted by molar-refractivity contribution is 5.94. The fraction of sp³-hybridized carbons (Fsp3) is 0.474. The molecule has 1 saturated heterocycles. The maximum absolute atomic E-state index is 12.5. The van der Waals surface area contributed by atoms with E-state index in [1.165, 1.54) is 0 Å². The molecule has 0 bridgehead atoms. The summed E-state index contributed by atoms with van der Waals surface area (Å²) in [4.78, 5) is 14.8. The lowest BCUT2D eigenvalue weighted by molar-refractivity contribution is 0.0729. The summed E-state index contributed by atoms with van der Waals surface area (Å²) >= 11 is 0. The van der Waals surface area contributed by atoms with Crippen molar-refractivity contribution in [1.82, 2.24) is 15.4 Å². The normalized spacial score (nSPS) is 21.2. The minimum Gasteiger partial charge on any atom is -0.396 e.